The lowest BCUT2D eigenvalue weighted by Gasteiger charge is -2.39. The molecule has 9 heteroatoms. The first-order valence-corrected chi connectivity index (χ1v) is 5.54. The van der Waals surface area contributed by atoms with Crippen LogP contribution in [0, 0.1) is 0 Å². The van der Waals surface area contributed by atoms with E-state index < -0.39 is 37.3 Å². The van der Waals surface area contributed by atoms with Crippen LogP contribution in [0.4, 0.5) is 0 Å². The van der Waals surface area contributed by atoms with Crippen molar-refractivity contribution in [2.45, 2.75) is 37.1 Å². The van der Waals surface area contributed by atoms with E-state index in [1.807, 2.05) is 0 Å². The van der Waals surface area contributed by atoms with E-state index in [1.54, 1.807) is 0 Å². The first-order valence-electron chi connectivity index (χ1n) is 5.54. The van der Waals surface area contributed by atoms with Crippen molar-refractivity contribution in [3.8, 4) is 0 Å². The summed E-state index contributed by atoms with van der Waals surface area (Å²) in [6, 6.07) is 0. The molecule has 0 aliphatic carbocycles. The average Bonchev–Trinajstić information content (AvgIpc) is 2.38. The van der Waals surface area contributed by atoms with Gasteiger partial charge in [-0.1, -0.05) is 5.11 Å². The summed E-state index contributed by atoms with van der Waals surface area (Å²) >= 11 is 0. The first kappa shape index (κ1) is 15.1. The molecule has 9 nitrogen and oxygen atoms in total. The third-order valence-electron chi connectivity index (χ3n) is 2.60. The lowest BCUT2D eigenvalue weighted by atomic mass is 9.99. The zero-order valence-corrected chi connectivity index (χ0v) is 9.66. The van der Waals surface area contributed by atoms with E-state index in [9.17, 15) is 15.3 Å². The van der Waals surface area contributed by atoms with Gasteiger partial charge in [-0.05, 0) is 12.0 Å². The Bertz CT molecular complexity index is 296. The molecule has 0 radical (unpaired) electrons. The Balaban J connectivity index is 2.41. The minimum atomic E-state index is -1.45. The Kier molecular flexibility index (Phi) is 6.30. The molecule has 18 heavy (non-hydrogen) atoms. The summed E-state index contributed by atoms with van der Waals surface area (Å²) < 4.78 is 10.3. The van der Waals surface area contributed by atoms with Crippen molar-refractivity contribution >= 4 is 0 Å². The maximum atomic E-state index is 9.60. The van der Waals surface area contributed by atoms with Crippen LogP contribution >= 0.6 is 0 Å². The van der Waals surface area contributed by atoms with E-state index in [-0.39, 0.29) is 13.2 Å². The molecular formula is C9H17N3O6. The highest BCUT2D eigenvalue weighted by Crippen LogP contribution is 2.21. The van der Waals surface area contributed by atoms with Crippen LogP contribution in [0.3, 0.4) is 0 Å². The van der Waals surface area contributed by atoms with Gasteiger partial charge in [0, 0.05) is 18.1 Å². The molecule has 4 N–H and O–H groups in total. The maximum absolute atomic E-state index is 9.60. The molecule has 0 bridgehead atoms. The molecule has 1 heterocycles. The van der Waals surface area contributed by atoms with E-state index >= 15 is 0 Å². The van der Waals surface area contributed by atoms with Gasteiger partial charge in [0.1, 0.15) is 24.4 Å². The molecule has 0 aromatic rings. The monoisotopic (exact) mass is 263 g/mol. The van der Waals surface area contributed by atoms with Crippen LogP contribution in [0.2, 0.25) is 0 Å². The van der Waals surface area contributed by atoms with Crippen molar-refractivity contribution in [1.82, 2.24) is 0 Å². The smallest absolute Gasteiger partial charge is 0.186 e. The molecule has 0 saturated carbocycles. The topological polar surface area (TPSA) is 148 Å². The second kappa shape index (κ2) is 7.49. The van der Waals surface area contributed by atoms with Gasteiger partial charge < -0.3 is 29.9 Å². The molecule has 104 valence electrons. The highest BCUT2D eigenvalue weighted by Gasteiger charge is 2.43. The minimum Gasteiger partial charge on any atom is -0.394 e. The quantitative estimate of drug-likeness (QED) is 0.198. The van der Waals surface area contributed by atoms with Gasteiger partial charge in [0.25, 0.3) is 0 Å². The second-order valence-electron chi connectivity index (χ2n) is 3.88. The average molecular weight is 263 g/mol. The third kappa shape index (κ3) is 3.79. The first-order chi connectivity index (χ1) is 8.61. The number of hydrogen-bond acceptors (Lipinski definition) is 7. The van der Waals surface area contributed by atoms with Crippen molar-refractivity contribution in [2.75, 3.05) is 19.8 Å². The van der Waals surface area contributed by atoms with Gasteiger partial charge in [-0.2, -0.15) is 0 Å². The molecule has 5 atom stereocenters. The lowest BCUT2D eigenvalue weighted by molar-refractivity contribution is -0.301. The summed E-state index contributed by atoms with van der Waals surface area (Å²) in [5.41, 5.74) is 8.05. The van der Waals surface area contributed by atoms with Crippen molar-refractivity contribution in [1.29, 1.82) is 0 Å². The summed E-state index contributed by atoms with van der Waals surface area (Å²) in [5, 5.41) is 40.8. The van der Waals surface area contributed by atoms with Crippen LogP contribution < -0.4 is 0 Å². The Morgan fingerprint density at radius 1 is 1.22 bits per heavy atom. The number of aliphatic hydroxyl groups excluding tert-OH is 4. The van der Waals surface area contributed by atoms with E-state index in [0.717, 1.165) is 0 Å². The fraction of sp³-hybridized carbons (Fsp3) is 1.00. The van der Waals surface area contributed by atoms with Crippen LogP contribution in [0.5, 0.6) is 0 Å². The Hall–Kier alpha value is -0.930. The molecule has 1 fully saturated rings. The number of hydrogen-bond donors (Lipinski definition) is 4. The molecule has 0 amide bonds. The van der Waals surface area contributed by atoms with E-state index in [2.05, 4.69) is 10.0 Å². The van der Waals surface area contributed by atoms with Crippen LogP contribution in [-0.4, -0.2) is 70.9 Å². The number of nitrogens with zero attached hydrogens (tertiary/aromatic N) is 3. The van der Waals surface area contributed by atoms with Crippen molar-refractivity contribution in [3.63, 3.8) is 0 Å². The van der Waals surface area contributed by atoms with Gasteiger partial charge in [-0.3, -0.25) is 0 Å². The van der Waals surface area contributed by atoms with Crippen molar-refractivity contribution < 1.29 is 29.9 Å². The predicted octanol–water partition coefficient (Wildman–Crippen LogP) is -1.50. The number of ether oxygens (including phenoxy) is 2. The Morgan fingerprint density at radius 2 is 1.94 bits per heavy atom. The van der Waals surface area contributed by atoms with Gasteiger partial charge in [-0.25, -0.2) is 0 Å². The number of aliphatic hydroxyl groups is 4. The van der Waals surface area contributed by atoms with Gasteiger partial charge in [-0.15, -0.1) is 0 Å². The maximum Gasteiger partial charge on any atom is 0.186 e. The zero-order valence-electron chi connectivity index (χ0n) is 9.66. The third-order valence-corrected chi connectivity index (χ3v) is 2.60. The standard InChI is InChI=1S/C9H17N3O6/c10-12-11-2-1-3-17-9-8(16)7(15)6(14)5(4-13)18-9/h5-9,13-16H,1-4H2/t5?,6-,7?,8?,9+/m1/s1. The van der Waals surface area contributed by atoms with E-state index in [0.29, 0.717) is 6.42 Å². The van der Waals surface area contributed by atoms with Gasteiger partial charge in [0.2, 0.25) is 0 Å². The summed E-state index contributed by atoms with van der Waals surface area (Å²) in [7, 11) is 0. The highest BCUT2D eigenvalue weighted by molar-refractivity contribution is 4.88. The summed E-state index contributed by atoms with van der Waals surface area (Å²) in [6.07, 6.45) is -5.93. The second-order valence-corrected chi connectivity index (χ2v) is 3.88. The molecular weight excluding hydrogens is 246 g/mol. The SMILES string of the molecule is [N-]=[N+]=NCCCO[C@H]1OC(CO)[C@@H](O)C(O)C1O. The van der Waals surface area contributed by atoms with E-state index in [1.165, 1.54) is 0 Å². The lowest BCUT2D eigenvalue weighted by Crippen LogP contribution is -2.59. The molecule has 0 aromatic heterocycles. The fourth-order valence-corrected chi connectivity index (χ4v) is 1.58. The van der Waals surface area contributed by atoms with Crippen LogP contribution in [0.25, 0.3) is 10.4 Å². The van der Waals surface area contributed by atoms with Gasteiger partial charge in [0.15, 0.2) is 6.29 Å². The molecule has 0 spiro atoms. The van der Waals surface area contributed by atoms with Crippen molar-refractivity contribution in [3.05, 3.63) is 10.4 Å². The molecule has 1 aliphatic heterocycles. The molecule has 0 aromatic carbocycles. The largest absolute Gasteiger partial charge is 0.394 e. The summed E-state index contributed by atoms with van der Waals surface area (Å²) in [4.78, 5) is 2.56. The molecule has 1 rings (SSSR count). The fourth-order valence-electron chi connectivity index (χ4n) is 1.58. The number of rotatable bonds is 6. The van der Waals surface area contributed by atoms with Gasteiger partial charge in [0.05, 0.1) is 6.61 Å². The highest BCUT2D eigenvalue weighted by atomic mass is 16.7. The summed E-state index contributed by atoms with van der Waals surface area (Å²) in [5.74, 6) is 0. The Labute approximate surface area is 103 Å². The van der Waals surface area contributed by atoms with Crippen LogP contribution in [0.15, 0.2) is 5.11 Å². The minimum absolute atomic E-state index is 0.154. The van der Waals surface area contributed by atoms with Crippen LogP contribution in [0.1, 0.15) is 6.42 Å². The molecule has 3 unspecified atom stereocenters. The van der Waals surface area contributed by atoms with Crippen LogP contribution in [-0.2, 0) is 9.47 Å². The van der Waals surface area contributed by atoms with Crippen molar-refractivity contribution in [2.24, 2.45) is 5.11 Å². The zero-order chi connectivity index (χ0) is 13.5. The van der Waals surface area contributed by atoms with E-state index in [4.69, 9.17) is 20.1 Å². The number of azide groups is 1. The molecule has 1 aliphatic rings. The summed E-state index contributed by atoms with van der Waals surface area (Å²) in [6.45, 7) is -0.0981. The normalized spacial score (nSPS) is 36.1. The molecule has 1 saturated heterocycles. The predicted molar refractivity (Wildman–Crippen MR) is 58.3 cm³/mol. The van der Waals surface area contributed by atoms with Gasteiger partial charge >= 0.3 is 0 Å². The Morgan fingerprint density at radius 3 is 2.56 bits per heavy atom.